The molecule has 0 amide bonds. The van der Waals surface area contributed by atoms with Crippen molar-refractivity contribution >= 4 is 11.6 Å². The van der Waals surface area contributed by atoms with Gasteiger partial charge in [0.05, 0.1) is 0 Å². The summed E-state index contributed by atoms with van der Waals surface area (Å²) in [6, 6.07) is 11.0. The molecule has 0 aliphatic heterocycles. The molecular formula is C16H17ClFN. The maximum Gasteiger partial charge on any atom is 0.123 e. The summed E-state index contributed by atoms with van der Waals surface area (Å²) in [6.45, 7) is 3.96. The first-order valence-electron chi connectivity index (χ1n) is 6.26. The lowest BCUT2D eigenvalue weighted by atomic mass is 9.98. The first-order chi connectivity index (χ1) is 9.02. The minimum absolute atomic E-state index is 0.205. The fraction of sp³-hybridized carbons (Fsp3) is 0.250. The minimum atomic E-state index is -0.215. The van der Waals surface area contributed by atoms with Gasteiger partial charge in [-0.05, 0) is 61.3 Å². The number of rotatable bonds is 3. The first-order valence-corrected chi connectivity index (χ1v) is 6.64. The van der Waals surface area contributed by atoms with Crippen LogP contribution in [-0.2, 0) is 0 Å². The van der Waals surface area contributed by atoms with Gasteiger partial charge in [-0.15, -0.1) is 0 Å². The van der Waals surface area contributed by atoms with E-state index in [1.165, 1.54) is 12.1 Å². The predicted molar refractivity (Wildman–Crippen MR) is 79.1 cm³/mol. The molecule has 2 aromatic rings. The molecule has 0 fully saturated rings. The molecule has 1 N–H and O–H groups in total. The van der Waals surface area contributed by atoms with Crippen LogP contribution in [-0.4, -0.2) is 7.05 Å². The summed E-state index contributed by atoms with van der Waals surface area (Å²) in [5, 5.41) is 3.89. The van der Waals surface area contributed by atoms with Crippen molar-refractivity contribution < 1.29 is 4.39 Å². The average Bonchev–Trinajstić information content (AvgIpc) is 2.37. The second-order valence-electron chi connectivity index (χ2n) is 4.71. The largest absolute Gasteiger partial charge is 0.313 e. The Hall–Kier alpha value is -1.38. The van der Waals surface area contributed by atoms with Crippen molar-refractivity contribution in [3.05, 3.63) is 58.4 Å². The highest BCUT2D eigenvalue weighted by Gasteiger charge is 2.10. The summed E-state index contributed by atoms with van der Waals surface area (Å²) in [5.74, 6) is -0.215. The Balaban J connectivity index is 2.44. The molecular weight excluding hydrogens is 261 g/mol. The van der Waals surface area contributed by atoms with E-state index in [4.69, 9.17) is 11.6 Å². The molecule has 2 rings (SSSR count). The monoisotopic (exact) mass is 277 g/mol. The highest BCUT2D eigenvalue weighted by molar-refractivity contribution is 6.31. The van der Waals surface area contributed by atoms with Crippen molar-refractivity contribution in [2.75, 3.05) is 7.05 Å². The molecule has 0 saturated heterocycles. The Bertz CT molecular complexity index is 595. The van der Waals surface area contributed by atoms with E-state index >= 15 is 0 Å². The van der Waals surface area contributed by atoms with Crippen LogP contribution in [0.15, 0.2) is 36.4 Å². The number of hydrogen-bond acceptors (Lipinski definition) is 1. The summed E-state index contributed by atoms with van der Waals surface area (Å²) >= 11 is 6.32. The third-order valence-corrected chi connectivity index (χ3v) is 3.73. The van der Waals surface area contributed by atoms with E-state index in [9.17, 15) is 4.39 Å². The zero-order valence-corrected chi connectivity index (χ0v) is 12.1. The molecule has 0 radical (unpaired) electrons. The molecule has 0 heterocycles. The van der Waals surface area contributed by atoms with Gasteiger partial charge < -0.3 is 5.32 Å². The lowest BCUT2D eigenvalue weighted by molar-refractivity contribution is 0.627. The Morgan fingerprint density at radius 2 is 1.89 bits per heavy atom. The molecule has 1 unspecified atom stereocenters. The van der Waals surface area contributed by atoms with Crippen LogP contribution in [0.1, 0.15) is 24.1 Å². The van der Waals surface area contributed by atoms with E-state index in [0.29, 0.717) is 0 Å². The van der Waals surface area contributed by atoms with E-state index in [-0.39, 0.29) is 11.9 Å². The van der Waals surface area contributed by atoms with Crippen molar-refractivity contribution in [3.8, 4) is 11.1 Å². The third-order valence-electron chi connectivity index (χ3n) is 3.40. The second kappa shape index (κ2) is 5.72. The quantitative estimate of drug-likeness (QED) is 0.855. The van der Waals surface area contributed by atoms with Gasteiger partial charge in [-0.1, -0.05) is 29.8 Å². The summed E-state index contributed by atoms with van der Waals surface area (Å²) in [5.41, 5.74) is 3.99. The molecule has 0 aromatic heterocycles. The van der Waals surface area contributed by atoms with Crippen molar-refractivity contribution in [3.63, 3.8) is 0 Å². The highest BCUT2D eigenvalue weighted by atomic mass is 35.5. The van der Waals surface area contributed by atoms with E-state index in [1.807, 2.05) is 32.2 Å². The molecule has 1 atom stereocenters. The maximum absolute atomic E-state index is 13.1. The van der Waals surface area contributed by atoms with Crippen LogP contribution in [0, 0.1) is 12.7 Å². The van der Waals surface area contributed by atoms with Gasteiger partial charge in [0.25, 0.3) is 0 Å². The van der Waals surface area contributed by atoms with Gasteiger partial charge in [0.1, 0.15) is 5.82 Å². The van der Waals surface area contributed by atoms with Crippen LogP contribution in [0.4, 0.5) is 4.39 Å². The summed E-state index contributed by atoms with van der Waals surface area (Å²) in [6.07, 6.45) is 0. The smallest absolute Gasteiger partial charge is 0.123 e. The van der Waals surface area contributed by atoms with Gasteiger partial charge in [0, 0.05) is 11.1 Å². The van der Waals surface area contributed by atoms with Crippen molar-refractivity contribution in [1.29, 1.82) is 0 Å². The number of hydrogen-bond donors (Lipinski definition) is 1. The van der Waals surface area contributed by atoms with Crippen molar-refractivity contribution in [2.45, 2.75) is 19.9 Å². The molecule has 0 aliphatic rings. The van der Waals surface area contributed by atoms with E-state index < -0.39 is 0 Å². The van der Waals surface area contributed by atoms with Crippen molar-refractivity contribution in [1.82, 2.24) is 5.32 Å². The topological polar surface area (TPSA) is 12.0 Å². The van der Waals surface area contributed by atoms with Crippen LogP contribution in [0.2, 0.25) is 5.02 Å². The van der Waals surface area contributed by atoms with E-state index in [0.717, 1.165) is 27.3 Å². The summed E-state index contributed by atoms with van der Waals surface area (Å²) in [4.78, 5) is 0. The van der Waals surface area contributed by atoms with Gasteiger partial charge >= 0.3 is 0 Å². The van der Waals surface area contributed by atoms with Gasteiger partial charge in [0.2, 0.25) is 0 Å². The summed E-state index contributed by atoms with van der Waals surface area (Å²) < 4.78 is 13.1. The van der Waals surface area contributed by atoms with Gasteiger partial charge in [-0.25, -0.2) is 4.39 Å². The number of nitrogens with one attached hydrogen (secondary N) is 1. The van der Waals surface area contributed by atoms with Crippen LogP contribution in [0.25, 0.3) is 11.1 Å². The molecule has 0 bridgehead atoms. The predicted octanol–water partition coefficient (Wildman–Crippen LogP) is 4.73. The molecule has 0 spiro atoms. The third kappa shape index (κ3) is 2.96. The average molecular weight is 278 g/mol. The summed E-state index contributed by atoms with van der Waals surface area (Å²) in [7, 11) is 1.90. The molecule has 2 aromatic carbocycles. The molecule has 1 nitrogen and oxygen atoms in total. The Morgan fingerprint density at radius 3 is 2.47 bits per heavy atom. The zero-order valence-electron chi connectivity index (χ0n) is 11.3. The van der Waals surface area contributed by atoms with E-state index in [1.54, 1.807) is 6.07 Å². The van der Waals surface area contributed by atoms with Crippen molar-refractivity contribution in [2.24, 2.45) is 0 Å². The lowest BCUT2D eigenvalue weighted by Crippen LogP contribution is -2.12. The maximum atomic E-state index is 13.1. The first kappa shape index (κ1) is 14.0. The van der Waals surface area contributed by atoms with Gasteiger partial charge in [-0.2, -0.15) is 0 Å². The SMILES string of the molecule is CNC(C)c1ccc(-c2ccc(F)cc2C)cc1Cl. The van der Waals surface area contributed by atoms with Crippen LogP contribution in [0.3, 0.4) is 0 Å². The number of halogens is 2. The molecule has 0 saturated carbocycles. The fourth-order valence-electron chi connectivity index (χ4n) is 2.15. The zero-order chi connectivity index (χ0) is 14.0. The Morgan fingerprint density at radius 1 is 1.16 bits per heavy atom. The lowest BCUT2D eigenvalue weighted by Gasteiger charge is -2.14. The molecule has 3 heteroatoms. The number of aryl methyl sites for hydroxylation is 1. The van der Waals surface area contributed by atoms with Crippen LogP contribution >= 0.6 is 11.6 Å². The second-order valence-corrected chi connectivity index (χ2v) is 5.11. The van der Waals surface area contributed by atoms with Gasteiger partial charge in [0.15, 0.2) is 0 Å². The van der Waals surface area contributed by atoms with E-state index in [2.05, 4.69) is 12.2 Å². The minimum Gasteiger partial charge on any atom is -0.313 e. The molecule has 19 heavy (non-hydrogen) atoms. The standard InChI is InChI=1S/C16H17ClFN/c1-10-8-13(18)5-7-14(10)12-4-6-15(11(2)19-3)16(17)9-12/h4-9,11,19H,1-3H3. The Labute approximate surface area is 118 Å². The molecule has 0 aliphatic carbocycles. The van der Waals surface area contributed by atoms with Gasteiger partial charge in [-0.3, -0.25) is 0 Å². The Kier molecular flexibility index (Phi) is 4.23. The number of benzene rings is 2. The van der Waals surface area contributed by atoms with Crippen LogP contribution < -0.4 is 5.32 Å². The fourth-order valence-corrected chi connectivity index (χ4v) is 2.50. The normalized spacial score (nSPS) is 12.5. The highest BCUT2D eigenvalue weighted by Crippen LogP contribution is 2.30. The van der Waals surface area contributed by atoms with Crippen LogP contribution in [0.5, 0.6) is 0 Å². The molecule has 100 valence electrons.